The van der Waals surface area contributed by atoms with Crippen LogP contribution in [-0.2, 0) is 18.0 Å². The van der Waals surface area contributed by atoms with Gasteiger partial charge < -0.3 is 14.2 Å². The highest BCUT2D eigenvalue weighted by atomic mass is 19.4. The average molecular weight is 398 g/mol. The fraction of sp³-hybridized carbons (Fsp3) is 0.294. The van der Waals surface area contributed by atoms with Gasteiger partial charge in [-0.15, -0.1) is 0 Å². The first-order valence-electron chi connectivity index (χ1n) is 7.86. The standard InChI is InChI=1S/C17H17F3N4O4/c1-9(25)28-12-6-5-10(15(27)23(2)3)7-11(12)14(26)22-16-21-13(8-24(16)4)17(18,19)20/h5-8H,1-4H3,(H,21,22,26). The third kappa shape index (κ3) is 4.67. The summed E-state index contributed by atoms with van der Waals surface area (Å²) in [7, 11) is 4.29. The van der Waals surface area contributed by atoms with E-state index in [-0.39, 0.29) is 22.8 Å². The molecule has 2 rings (SSSR count). The number of imidazole rings is 1. The summed E-state index contributed by atoms with van der Waals surface area (Å²) in [5.41, 5.74) is -1.26. The van der Waals surface area contributed by atoms with E-state index in [0.29, 0.717) is 6.20 Å². The van der Waals surface area contributed by atoms with E-state index in [1.165, 1.54) is 44.2 Å². The number of hydrogen-bond donors (Lipinski definition) is 1. The molecule has 0 bridgehead atoms. The lowest BCUT2D eigenvalue weighted by molar-refractivity contribution is -0.141. The van der Waals surface area contributed by atoms with Gasteiger partial charge in [-0.1, -0.05) is 0 Å². The number of benzene rings is 1. The van der Waals surface area contributed by atoms with Crippen molar-refractivity contribution in [3.8, 4) is 5.75 Å². The first-order valence-corrected chi connectivity index (χ1v) is 7.86. The molecule has 0 unspecified atom stereocenters. The fourth-order valence-corrected chi connectivity index (χ4v) is 2.23. The number of amides is 2. The number of hydrogen-bond acceptors (Lipinski definition) is 5. The van der Waals surface area contributed by atoms with Gasteiger partial charge in [-0.05, 0) is 18.2 Å². The summed E-state index contributed by atoms with van der Waals surface area (Å²) >= 11 is 0. The highest BCUT2D eigenvalue weighted by Crippen LogP contribution is 2.29. The van der Waals surface area contributed by atoms with Crippen molar-refractivity contribution in [1.29, 1.82) is 0 Å². The van der Waals surface area contributed by atoms with Crippen molar-refractivity contribution in [2.24, 2.45) is 7.05 Å². The molecule has 2 aromatic rings. The number of aromatic nitrogens is 2. The number of rotatable bonds is 4. The summed E-state index contributed by atoms with van der Waals surface area (Å²) in [4.78, 5) is 40.6. The maximum absolute atomic E-state index is 12.8. The number of nitrogens with zero attached hydrogens (tertiary/aromatic N) is 3. The lowest BCUT2D eigenvalue weighted by atomic mass is 10.1. The lowest BCUT2D eigenvalue weighted by Crippen LogP contribution is -2.23. The molecule has 0 atom stereocenters. The highest BCUT2D eigenvalue weighted by molar-refractivity contribution is 6.07. The molecule has 0 aliphatic rings. The molecule has 0 aliphatic heterocycles. The number of anilines is 1. The molecule has 2 amide bonds. The Labute approximate surface area is 157 Å². The van der Waals surface area contributed by atoms with Gasteiger partial charge in [-0.3, -0.25) is 19.7 Å². The van der Waals surface area contributed by atoms with Crippen molar-refractivity contribution >= 4 is 23.7 Å². The van der Waals surface area contributed by atoms with Gasteiger partial charge in [0.25, 0.3) is 11.8 Å². The lowest BCUT2D eigenvalue weighted by Gasteiger charge is -2.14. The van der Waals surface area contributed by atoms with Crippen LogP contribution in [0, 0.1) is 0 Å². The molecule has 1 N–H and O–H groups in total. The fourth-order valence-electron chi connectivity index (χ4n) is 2.23. The van der Waals surface area contributed by atoms with E-state index < -0.39 is 29.7 Å². The van der Waals surface area contributed by atoms with Crippen LogP contribution in [0.1, 0.15) is 33.3 Å². The molecule has 1 heterocycles. The molecule has 150 valence electrons. The minimum Gasteiger partial charge on any atom is -0.426 e. The van der Waals surface area contributed by atoms with Gasteiger partial charge in [-0.25, -0.2) is 4.98 Å². The number of aryl methyl sites for hydroxylation is 1. The molecule has 0 fully saturated rings. The molecule has 28 heavy (non-hydrogen) atoms. The van der Waals surface area contributed by atoms with E-state index in [0.717, 1.165) is 11.5 Å². The van der Waals surface area contributed by atoms with Gasteiger partial charge in [-0.2, -0.15) is 13.2 Å². The number of nitrogens with one attached hydrogen (secondary N) is 1. The summed E-state index contributed by atoms with van der Waals surface area (Å²) in [6, 6.07) is 3.80. The summed E-state index contributed by atoms with van der Waals surface area (Å²) in [5, 5.41) is 2.22. The van der Waals surface area contributed by atoms with Crippen molar-refractivity contribution in [2.45, 2.75) is 13.1 Å². The van der Waals surface area contributed by atoms with Gasteiger partial charge in [0.15, 0.2) is 5.69 Å². The van der Waals surface area contributed by atoms with Crippen molar-refractivity contribution in [3.05, 3.63) is 41.2 Å². The number of carbonyl (C=O) groups is 3. The van der Waals surface area contributed by atoms with Crippen LogP contribution in [0.3, 0.4) is 0 Å². The topological polar surface area (TPSA) is 93.5 Å². The molecule has 0 saturated heterocycles. The summed E-state index contributed by atoms with van der Waals surface area (Å²) in [5.74, 6) is -2.54. The number of alkyl halides is 3. The van der Waals surface area contributed by atoms with Crippen molar-refractivity contribution in [3.63, 3.8) is 0 Å². The van der Waals surface area contributed by atoms with Crippen LogP contribution >= 0.6 is 0 Å². The van der Waals surface area contributed by atoms with Gasteiger partial charge in [0.2, 0.25) is 5.95 Å². The minimum absolute atomic E-state index is 0.127. The summed E-state index contributed by atoms with van der Waals surface area (Å²) in [6.45, 7) is 1.12. The van der Waals surface area contributed by atoms with Gasteiger partial charge in [0.1, 0.15) is 5.75 Å². The Hall–Kier alpha value is -3.37. The largest absolute Gasteiger partial charge is 0.434 e. The Kier molecular flexibility index (Phi) is 5.76. The van der Waals surface area contributed by atoms with E-state index in [9.17, 15) is 27.6 Å². The number of carbonyl (C=O) groups excluding carboxylic acids is 3. The van der Waals surface area contributed by atoms with Gasteiger partial charge in [0, 0.05) is 39.8 Å². The van der Waals surface area contributed by atoms with E-state index in [1.54, 1.807) is 0 Å². The van der Waals surface area contributed by atoms with Crippen LogP contribution in [0.4, 0.5) is 19.1 Å². The maximum atomic E-state index is 12.8. The molecule has 1 aromatic carbocycles. The van der Waals surface area contributed by atoms with Crippen LogP contribution in [0.25, 0.3) is 0 Å². The first-order chi connectivity index (χ1) is 12.9. The van der Waals surface area contributed by atoms with Crippen LogP contribution < -0.4 is 10.1 Å². The third-order valence-corrected chi connectivity index (χ3v) is 3.52. The highest BCUT2D eigenvalue weighted by Gasteiger charge is 2.34. The molecular weight excluding hydrogens is 381 g/mol. The zero-order valence-electron chi connectivity index (χ0n) is 15.4. The SMILES string of the molecule is CC(=O)Oc1ccc(C(=O)N(C)C)cc1C(=O)Nc1nc(C(F)(F)F)cn1C. The third-order valence-electron chi connectivity index (χ3n) is 3.52. The van der Waals surface area contributed by atoms with Crippen LogP contribution in [0.5, 0.6) is 5.75 Å². The van der Waals surface area contributed by atoms with Gasteiger partial charge in [0.05, 0.1) is 5.56 Å². The number of halogens is 3. The van der Waals surface area contributed by atoms with Crippen LogP contribution in [-0.4, -0.2) is 46.3 Å². The molecule has 0 saturated carbocycles. The van der Waals surface area contributed by atoms with E-state index in [4.69, 9.17) is 4.74 Å². The zero-order chi connectivity index (χ0) is 21.2. The van der Waals surface area contributed by atoms with Crippen molar-refractivity contribution in [2.75, 3.05) is 19.4 Å². The number of esters is 1. The normalized spacial score (nSPS) is 11.1. The summed E-state index contributed by atoms with van der Waals surface area (Å²) in [6.07, 6.45) is -3.96. The number of ether oxygens (including phenoxy) is 1. The molecule has 11 heteroatoms. The molecule has 0 spiro atoms. The predicted octanol–water partition coefficient (Wildman–Crippen LogP) is 2.32. The van der Waals surface area contributed by atoms with E-state index in [1.807, 2.05) is 0 Å². The predicted molar refractivity (Wildman–Crippen MR) is 91.9 cm³/mol. The summed E-state index contributed by atoms with van der Waals surface area (Å²) < 4.78 is 44.3. The van der Waals surface area contributed by atoms with Crippen LogP contribution in [0.15, 0.2) is 24.4 Å². The van der Waals surface area contributed by atoms with E-state index >= 15 is 0 Å². The maximum Gasteiger partial charge on any atom is 0.434 e. The minimum atomic E-state index is -4.68. The Morgan fingerprint density at radius 3 is 2.36 bits per heavy atom. The van der Waals surface area contributed by atoms with E-state index in [2.05, 4.69) is 10.3 Å². The zero-order valence-corrected chi connectivity index (χ0v) is 15.4. The molecular formula is C17H17F3N4O4. The Balaban J connectivity index is 2.42. The second-order valence-electron chi connectivity index (χ2n) is 6.02. The Morgan fingerprint density at radius 2 is 1.86 bits per heavy atom. The molecule has 0 radical (unpaired) electrons. The van der Waals surface area contributed by atoms with Crippen LogP contribution in [0.2, 0.25) is 0 Å². The second-order valence-corrected chi connectivity index (χ2v) is 6.02. The second kappa shape index (κ2) is 7.71. The van der Waals surface area contributed by atoms with Crippen molar-refractivity contribution < 1.29 is 32.3 Å². The molecule has 8 nitrogen and oxygen atoms in total. The molecule has 1 aromatic heterocycles. The first kappa shape index (κ1) is 20.9. The van der Waals surface area contributed by atoms with Crippen molar-refractivity contribution in [1.82, 2.24) is 14.5 Å². The quantitative estimate of drug-likeness (QED) is 0.630. The monoisotopic (exact) mass is 398 g/mol. The Bertz CT molecular complexity index is 935. The average Bonchev–Trinajstić information content (AvgIpc) is 2.95. The smallest absolute Gasteiger partial charge is 0.426 e. The Morgan fingerprint density at radius 1 is 1.21 bits per heavy atom. The molecule has 0 aliphatic carbocycles. The van der Waals surface area contributed by atoms with Gasteiger partial charge >= 0.3 is 12.1 Å².